The Morgan fingerprint density at radius 2 is 1.82 bits per heavy atom. The number of imidazole rings is 1. The maximum atomic E-state index is 13.6. The number of nitrogens with zero attached hydrogens (tertiary/aromatic N) is 4. The Hall–Kier alpha value is -3.66. The van der Waals surface area contributed by atoms with Gasteiger partial charge in [-0.05, 0) is 50.8 Å². The fraction of sp³-hybridized carbons (Fsp3) is 0.393. The third-order valence-electron chi connectivity index (χ3n) is 7.50. The average molecular weight is 525 g/mol. The number of amides is 1. The van der Waals surface area contributed by atoms with Crippen molar-refractivity contribution in [3.05, 3.63) is 71.2 Å². The number of halogens is 3. The second-order valence-corrected chi connectivity index (χ2v) is 9.89. The number of aromatic nitrogens is 3. The first kappa shape index (κ1) is 24.7. The predicted octanol–water partition coefficient (Wildman–Crippen LogP) is 6.35. The first-order valence-corrected chi connectivity index (χ1v) is 12.8. The van der Waals surface area contributed by atoms with Crippen LogP contribution in [0.2, 0.25) is 0 Å². The minimum Gasteiger partial charge on any atom is -0.370 e. The zero-order valence-electron chi connectivity index (χ0n) is 20.9. The Kier molecular flexibility index (Phi) is 6.22. The lowest BCUT2D eigenvalue weighted by atomic mass is 10.0. The van der Waals surface area contributed by atoms with E-state index in [1.54, 1.807) is 11.8 Å². The van der Waals surface area contributed by atoms with Gasteiger partial charge in [0, 0.05) is 31.3 Å². The Morgan fingerprint density at radius 3 is 2.50 bits per heavy atom. The molecule has 10 heteroatoms. The van der Waals surface area contributed by atoms with Crippen LogP contribution in [0.4, 0.5) is 13.2 Å². The molecule has 0 bridgehead atoms. The van der Waals surface area contributed by atoms with Gasteiger partial charge in [-0.1, -0.05) is 35.5 Å². The number of piperidine rings is 1. The lowest BCUT2D eigenvalue weighted by Gasteiger charge is -2.34. The van der Waals surface area contributed by atoms with Crippen molar-refractivity contribution in [1.29, 1.82) is 0 Å². The molecule has 1 atom stereocenters. The Labute approximate surface area is 217 Å². The molecule has 7 nitrogen and oxygen atoms in total. The number of likely N-dealkylation sites (tertiary alicyclic amines) is 1. The van der Waals surface area contributed by atoms with Gasteiger partial charge in [-0.15, -0.1) is 0 Å². The van der Waals surface area contributed by atoms with Gasteiger partial charge in [-0.3, -0.25) is 4.79 Å². The molecule has 2 aromatic heterocycles. The van der Waals surface area contributed by atoms with Crippen LogP contribution in [0.25, 0.3) is 22.3 Å². The Bertz CT molecular complexity index is 1460. The molecule has 2 fully saturated rings. The number of benzene rings is 2. The molecule has 38 heavy (non-hydrogen) atoms. The Morgan fingerprint density at radius 1 is 1.05 bits per heavy atom. The number of carbonyl (C=O) groups excluding carboxylic acids is 1. The molecule has 2 aromatic carbocycles. The second-order valence-electron chi connectivity index (χ2n) is 9.89. The largest absolute Gasteiger partial charge is 0.416 e. The number of aryl methyl sites for hydroxylation is 1. The molecular formula is C28H27F3N4O3. The summed E-state index contributed by atoms with van der Waals surface area (Å²) in [5.74, 6) is 1.01. The third kappa shape index (κ3) is 4.36. The molecular weight excluding hydrogens is 497 g/mol. The number of rotatable bonds is 4. The smallest absolute Gasteiger partial charge is 0.370 e. The van der Waals surface area contributed by atoms with Crippen molar-refractivity contribution in [2.75, 3.05) is 19.7 Å². The number of ether oxygens (including phenoxy) is 1. The van der Waals surface area contributed by atoms with Crippen LogP contribution in [0.3, 0.4) is 0 Å². The van der Waals surface area contributed by atoms with E-state index >= 15 is 0 Å². The molecule has 0 radical (unpaired) electrons. The molecule has 4 aromatic rings. The predicted molar refractivity (Wildman–Crippen MR) is 134 cm³/mol. The molecule has 2 aliphatic heterocycles. The standard InChI is InChI=1S/C28H27F3N4O3/c1-17-24(25(33-38-17)18-6-3-2-4-7-18)27(36)34-13-11-20(12-14-34)35-22-10-9-19(28(29,30)31)16-21(22)32-26(35)23-8-5-15-37-23/h2-4,6-7,9-10,16,20,23H,5,8,11-15H2,1H3/t23-/m0/s1. The van der Waals surface area contributed by atoms with E-state index in [2.05, 4.69) is 10.1 Å². The highest BCUT2D eigenvalue weighted by Gasteiger charge is 2.35. The van der Waals surface area contributed by atoms with Crippen molar-refractivity contribution in [2.24, 2.45) is 0 Å². The van der Waals surface area contributed by atoms with E-state index in [1.165, 1.54) is 6.07 Å². The topological polar surface area (TPSA) is 73.4 Å². The highest BCUT2D eigenvalue weighted by Crippen LogP contribution is 2.38. The van der Waals surface area contributed by atoms with E-state index in [9.17, 15) is 18.0 Å². The van der Waals surface area contributed by atoms with Crippen molar-refractivity contribution in [3.8, 4) is 11.3 Å². The lowest BCUT2D eigenvalue weighted by molar-refractivity contribution is -0.137. The Balaban J connectivity index is 1.27. The molecule has 6 rings (SSSR count). The van der Waals surface area contributed by atoms with Gasteiger partial charge in [-0.25, -0.2) is 4.98 Å². The number of carbonyl (C=O) groups is 1. The molecule has 0 spiro atoms. The lowest BCUT2D eigenvalue weighted by Crippen LogP contribution is -2.39. The fourth-order valence-corrected chi connectivity index (χ4v) is 5.59. The van der Waals surface area contributed by atoms with Crippen molar-refractivity contribution >= 4 is 16.9 Å². The van der Waals surface area contributed by atoms with E-state index in [4.69, 9.17) is 9.26 Å². The summed E-state index contributed by atoms with van der Waals surface area (Å²) >= 11 is 0. The molecule has 1 amide bonds. The minimum atomic E-state index is -4.44. The normalized spacial score (nSPS) is 18.9. The molecule has 0 saturated carbocycles. The minimum absolute atomic E-state index is 0.0165. The maximum absolute atomic E-state index is 13.6. The van der Waals surface area contributed by atoms with Gasteiger partial charge in [0.25, 0.3) is 5.91 Å². The van der Waals surface area contributed by atoms with E-state index in [-0.39, 0.29) is 18.1 Å². The molecule has 2 aliphatic rings. The molecule has 0 unspecified atom stereocenters. The third-order valence-corrected chi connectivity index (χ3v) is 7.50. The average Bonchev–Trinajstić information content (AvgIpc) is 3.66. The van der Waals surface area contributed by atoms with Gasteiger partial charge in [0.15, 0.2) is 0 Å². The second kappa shape index (κ2) is 9.58. The zero-order valence-corrected chi connectivity index (χ0v) is 20.9. The number of hydrogen-bond acceptors (Lipinski definition) is 5. The SMILES string of the molecule is Cc1onc(-c2ccccc2)c1C(=O)N1CCC(n2c([C@@H]3CCCO3)nc3cc(C(F)(F)F)ccc32)CC1. The summed E-state index contributed by atoms with van der Waals surface area (Å²) in [6.07, 6.45) is -1.74. The van der Waals surface area contributed by atoms with E-state index in [0.29, 0.717) is 66.4 Å². The van der Waals surface area contributed by atoms with Crippen LogP contribution >= 0.6 is 0 Å². The van der Waals surface area contributed by atoms with E-state index in [1.807, 2.05) is 34.9 Å². The summed E-state index contributed by atoms with van der Waals surface area (Å²) < 4.78 is 53.4. The first-order valence-electron chi connectivity index (χ1n) is 12.8. The van der Waals surface area contributed by atoms with E-state index in [0.717, 1.165) is 30.5 Å². The van der Waals surface area contributed by atoms with Gasteiger partial charge in [0.1, 0.15) is 28.9 Å². The number of fused-ring (bicyclic) bond motifs is 1. The zero-order chi connectivity index (χ0) is 26.4. The van der Waals surface area contributed by atoms with Crippen molar-refractivity contribution in [1.82, 2.24) is 19.6 Å². The van der Waals surface area contributed by atoms with Crippen LogP contribution in [0.15, 0.2) is 53.1 Å². The van der Waals surface area contributed by atoms with Crippen molar-refractivity contribution in [2.45, 2.75) is 50.9 Å². The van der Waals surface area contributed by atoms with Gasteiger partial charge in [-0.2, -0.15) is 13.2 Å². The molecule has 4 heterocycles. The highest BCUT2D eigenvalue weighted by molar-refractivity contribution is 6.00. The highest BCUT2D eigenvalue weighted by atomic mass is 19.4. The first-order chi connectivity index (χ1) is 18.3. The van der Waals surface area contributed by atoms with Gasteiger partial charge in [0.05, 0.1) is 16.6 Å². The number of hydrogen-bond donors (Lipinski definition) is 0. The summed E-state index contributed by atoms with van der Waals surface area (Å²) in [5.41, 5.74) is 2.06. The fourth-order valence-electron chi connectivity index (χ4n) is 5.59. The summed E-state index contributed by atoms with van der Waals surface area (Å²) in [5, 5.41) is 4.14. The van der Waals surface area contributed by atoms with Crippen LogP contribution in [0.1, 0.15) is 65.3 Å². The summed E-state index contributed by atoms with van der Waals surface area (Å²) in [7, 11) is 0. The summed E-state index contributed by atoms with van der Waals surface area (Å²) in [6.45, 7) is 3.33. The van der Waals surface area contributed by atoms with E-state index < -0.39 is 11.7 Å². The molecule has 0 N–H and O–H groups in total. The molecule has 198 valence electrons. The number of alkyl halides is 3. The monoisotopic (exact) mass is 524 g/mol. The van der Waals surface area contributed by atoms with Gasteiger partial charge >= 0.3 is 6.18 Å². The van der Waals surface area contributed by atoms with Crippen LogP contribution < -0.4 is 0 Å². The van der Waals surface area contributed by atoms with Crippen LogP contribution in [-0.4, -0.2) is 45.2 Å². The van der Waals surface area contributed by atoms with Gasteiger partial charge < -0.3 is 18.7 Å². The maximum Gasteiger partial charge on any atom is 0.416 e. The summed E-state index contributed by atoms with van der Waals surface area (Å²) in [6, 6.07) is 13.2. The summed E-state index contributed by atoms with van der Waals surface area (Å²) in [4.78, 5) is 20.0. The van der Waals surface area contributed by atoms with Crippen molar-refractivity contribution in [3.63, 3.8) is 0 Å². The van der Waals surface area contributed by atoms with Crippen LogP contribution in [0, 0.1) is 6.92 Å². The quantitative estimate of drug-likeness (QED) is 0.311. The van der Waals surface area contributed by atoms with Crippen LogP contribution in [-0.2, 0) is 10.9 Å². The molecule has 0 aliphatic carbocycles. The van der Waals surface area contributed by atoms with Crippen LogP contribution in [0.5, 0.6) is 0 Å². The van der Waals surface area contributed by atoms with Gasteiger partial charge in [0.2, 0.25) is 0 Å². The molecule has 2 saturated heterocycles. The van der Waals surface area contributed by atoms with Crippen molar-refractivity contribution < 1.29 is 27.2 Å².